The number of rotatable bonds is 6. The topological polar surface area (TPSA) is 32.3 Å². The van der Waals surface area contributed by atoms with E-state index in [1.54, 1.807) is 0 Å². The Morgan fingerprint density at radius 2 is 2.00 bits per heavy atom. The van der Waals surface area contributed by atoms with Gasteiger partial charge in [-0.15, -0.1) is 0 Å². The van der Waals surface area contributed by atoms with E-state index in [1.165, 1.54) is 5.56 Å². The van der Waals surface area contributed by atoms with E-state index in [0.29, 0.717) is 5.92 Å². The van der Waals surface area contributed by atoms with Crippen molar-refractivity contribution in [3.05, 3.63) is 34.3 Å². The number of hydrogen-bond donors (Lipinski definition) is 2. The molecule has 0 radical (unpaired) electrons. The van der Waals surface area contributed by atoms with Crippen LogP contribution in [0.1, 0.15) is 24.3 Å². The second kappa shape index (κ2) is 6.99. The minimum Gasteiger partial charge on any atom is -0.396 e. The van der Waals surface area contributed by atoms with Gasteiger partial charge >= 0.3 is 0 Å². The molecule has 1 aromatic rings. The van der Waals surface area contributed by atoms with Crippen molar-refractivity contribution in [2.75, 3.05) is 20.2 Å². The van der Waals surface area contributed by atoms with Gasteiger partial charge in [0.25, 0.3) is 0 Å². The Bertz CT molecular complexity index is 273. The Labute approximate surface area is 99.8 Å². The molecule has 2 nitrogen and oxygen atoms in total. The summed E-state index contributed by atoms with van der Waals surface area (Å²) in [6.45, 7) is 1.23. The standard InChI is InChI=1S/C12H18BrNO/c1-14-9-11(3-2-8-15)10-4-6-12(13)7-5-10/h4-7,11,14-15H,2-3,8-9H2,1H3/t11-/m1/s1. The third-order valence-electron chi connectivity index (χ3n) is 2.50. The summed E-state index contributed by atoms with van der Waals surface area (Å²) in [6.07, 6.45) is 1.89. The Kier molecular flexibility index (Phi) is 5.91. The minimum atomic E-state index is 0.275. The van der Waals surface area contributed by atoms with Gasteiger partial charge in [-0.1, -0.05) is 28.1 Å². The minimum absolute atomic E-state index is 0.275. The number of likely N-dealkylation sites (N-methyl/N-ethyl adjacent to an activating group) is 1. The van der Waals surface area contributed by atoms with Crippen molar-refractivity contribution in [1.29, 1.82) is 0 Å². The molecule has 0 aromatic heterocycles. The maximum absolute atomic E-state index is 8.85. The van der Waals surface area contributed by atoms with Crippen molar-refractivity contribution in [3.8, 4) is 0 Å². The highest BCUT2D eigenvalue weighted by molar-refractivity contribution is 9.10. The van der Waals surface area contributed by atoms with Crippen LogP contribution in [-0.2, 0) is 0 Å². The molecular formula is C12H18BrNO. The molecule has 0 saturated carbocycles. The number of aliphatic hydroxyl groups is 1. The van der Waals surface area contributed by atoms with Gasteiger partial charge in [0.15, 0.2) is 0 Å². The predicted octanol–water partition coefficient (Wildman–Crippen LogP) is 2.52. The number of nitrogens with one attached hydrogen (secondary N) is 1. The lowest BCUT2D eigenvalue weighted by molar-refractivity contribution is 0.279. The van der Waals surface area contributed by atoms with Crippen molar-refractivity contribution >= 4 is 15.9 Å². The van der Waals surface area contributed by atoms with Crippen LogP contribution in [0.5, 0.6) is 0 Å². The molecule has 1 rings (SSSR count). The molecule has 0 fully saturated rings. The number of benzene rings is 1. The Balaban J connectivity index is 2.65. The summed E-state index contributed by atoms with van der Waals surface area (Å²) >= 11 is 3.43. The highest BCUT2D eigenvalue weighted by Crippen LogP contribution is 2.22. The third kappa shape index (κ3) is 4.33. The van der Waals surface area contributed by atoms with E-state index < -0.39 is 0 Å². The van der Waals surface area contributed by atoms with Gasteiger partial charge in [0.1, 0.15) is 0 Å². The molecule has 0 spiro atoms. The molecule has 0 amide bonds. The molecule has 0 bridgehead atoms. The van der Waals surface area contributed by atoms with Crippen LogP contribution in [0.15, 0.2) is 28.7 Å². The van der Waals surface area contributed by atoms with Gasteiger partial charge < -0.3 is 10.4 Å². The molecule has 2 N–H and O–H groups in total. The lowest BCUT2D eigenvalue weighted by Gasteiger charge is -2.16. The van der Waals surface area contributed by atoms with Gasteiger partial charge in [0.2, 0.25) is 0 Å². The van der Waals surface area contributed by atoms with Crippen LogP contribution in [0.4, 0.5) is 0 Å². The zero-order valence-electron chi connectivity index (χ0n) is 9.04. The van der Waals surface area contributed by atoms with Crippen LogP contribution >= 0.6 is 15.9 Å². The van der Waals surface area contributed by atoms with E-state index in [-0.39, 0.29) is 6.61 Å². The Morgan fingerprint density at radius 1 is 1.33 bits per heavy atom. The largest absolute Gasteiger partial charge is 0.396 e. The second-order valence-electron chi connectivity index (χ2n) is 3.67. The summed E-state index contributed by atoms with van der Waals surface area (Å²) in [7, 11) is 1.96. The van der Waals surface area contributed by atoms with Crippen LogP contribution in [0.25, 0.3) is 0 Å². The predicted molar refractivity (Wildman–Crippen MR) is 67.1 cm³/mol. The summed E-state index contributed by atoms with van der Waals surface area (Å²) in [4.78, 5) is 0. The molecule has 3 heteroatoms. The lowest BCUT2D eigenvalue weighted by Crippen LogP contribution is -2.17. The fourth-order valence-corrected chi connectivity index (χ4v) is 1.97. The summed E-state index contributed by atoms with van der Waals surface area (Å²) in [5.41, 5.74) is 1.33. The van der Waals surface area contributed by atoms with Crippen LogP contribution in [0, 0.1) is 0 Å². The molecule has 1 aromatic carbocycles. The zero-order valence-corrected chi connectivity index (χ0v) is 10.6. The van der Waals surface area contributed by atoms with Gasteiger partial charge in [0, 0.05) is 17.6 Å². The highest BCUT2D eigenvalue weighted by atomic mass is 79.9. The zero-order chi connectivity index (χ0) is 11.1. The molecule has 84 valence electrons. The first-order valence-corrected chi connectivity index (χ1v) is 6.08. The Morgan fingerprint density at radius 3 is 2.53 bits per heavy atom. The average molecular weight is 272 g/mol. The van der Waals surface area contributed by atoms with Gasteiger partial charge in [-0.25, -0.2) is 0 Å². The van der Waals surface area contributed by atoms with Gasteiger partial charge in [-0.05, 0) is 43.5 Å². The average Bonchev–Trinajstić information content (AvgIpc) is 2.25. The molecular weight excluding hydrogens is 254 g/mol. The SMILES string of the molecule is CNC[C@@H](CCCO)c1ccc(Br)cc1. The maximum Gasteiger partial charge on any atom is 0.0431 e. The van der Waals surface area contributed by atoms with E-state index >= 15 is 0 Å². The molecule has 0 saturated heterocycles. The van der Waals surface area contributed by atoms with E-state index in [1.807, 2.05) is 7.05 Å². The number of hydrogen-bond acceptors (Lipinski definition) is 2. The molecule has 1 atom stereocenters. The summed E-state index contributed by atoms with van der Waals surface area (Å²) < 4.78 is 1.11. The molecule has 0 heterocycles. The normalized spacial score (nSPS) is 12.7. The van der Waals surface area contributed by atoms with Crippen molar-refractivity contribution in [3.63, 3.8) is 0 Å². The highest BCUT2D eigenvalue weighted by Gasteiger charge is 2.09. The smallest absolute Gasteiger partial charge is 0.0431 e. The second-order valence-corrected chi connectivity index (χ2v) is 4.59. The monoisotopic (exact) mass is 271 g/mol. The quantitative estimate of drug-likeness (QED) is 0.834. The van der Waals surface area contributed by atoms with E-state index in [9.17, 15) is 0 Å². The van der Waals surface area contributed by atoms with Crippen molar-refractivity contribution < 1.29 is 5.11 Å². The summed E-state index contributed by atoms with van der Waals surface area (Å²) in [5.74, 6) is 0.496. The van der Waals surface area contributed by atoms with E-state index in [0.717, 1.165) is 23.9 Å². The molecule has 0 aliphatic rings. The number of aliphatic hydroxyl groups excluding tert-OH is 1. The number of halogens is 1. The van der Waals surface area contributed by atoms with Crippen LogP contribution < -0.4 is 5.32 Å². The summed E-state index contributed by atoms with van der Waals surface area (Å²) in [6, 6.07) is 8.42. The lowest BCUT2D eigenvalue weighted by atomic mass is 9.94. The first kappa shape index (κ1) is 12.7. The van der Waals surface area contributed by atoms with Gasteiger partial charge in [0.05, 0.1) is 0 Å². The molecule has 0 unspecified atom stereocenters. The third-order valence-corrected chi connectivity index (χ3v) is 3.03. The van der Waals surface area contributed by atoms with E-state index in [2.05, 4.69) is 45.5 Å². The van der Waals surface area contributed by atoms with Crippen molar-refractivity contribution in [1.82, 2.24) is 5.32 Å². The maximum atomic E-state index is 8.85. The van der Waals surface area contributed by atoms with Gasteiger partial charge in [-0.3, -0.25) is 0 Å². The van der Waals surface area contributed by atoms with Crippen molar-refractivity contribution in [2.45, 2.75) is 18.8 Å². The van der Waals surface area contributed by atoms with Gasteiger partial charge in [-0.2, -0.15) is 0 Å². The van der Waals surface area contributed by atoms with Crippen molar-refractivity contribution in [2.24, 2.45) is 0 Å². The van der Waals surface area contributed by atoms with E-state index in [4.69, 9.17) is 5.11 Å². The summed E-state index contributed by atoms with van der Waals surface area (Å²) in [5, 5.41) is 12.0. The molecule has 0 aliphatic heterocycles. The molecule has 15 heavy (non-hydrogen) atoms. The van der Waals surface area contributed by atoms with Crippen LogP contribution in [0.2, 0.25) is 0 Å². The fraction of sp³-hybridized carbons (Fsp3) is 0.500. The molecule has 0 aliphatic carbocycles. The first-order valence-electron chi connectivity index (χ1n) is 5.29. The van der Waals surface area contributed by atoms with Crippen LogP contribution in [-0.4, -0.2) is 25.3 Å². The van der Waals surface area contributed by atoms with Crippen LogP contribution in [0.3, 0.4) is 0 Å². The first-order chi connectivity index (χ1) is 7.27. The fourth-order valence-electron chi connectivity index (χ4n) is 1.71. The Hall–Kier alpha value is -0.380.